The Morgan fingerprint density at radius 1 is 1.04 bits per heavy atom. The van der Waals surface area contributed by atoms with Crippen LogP contribution in [0.3, 0.4) is 0 Å². The molecule has 5 rings (SSSR count). The zero-order valence-electron chi connectivity index (χ0n) is 16.0. The molecule has 0 unspecified atom stereocenters. The number of benzene rings is 2. The number of aryl methyl sites for hydroxylation is 1. The van der Waals surface area contributed by atoms with Gasteiger partial charge in [-0.15, -0.1) is 0 Å². The number of rotatable bonds is 2. The number of hydrogen-bond donors (Lipinski definition) is 0. The smallest absolute Gasteiger partial charge is 0.258 e. The molecule has 3 nitrogen and oxygen atoms in total. The molecular formula is C23H24F2N2O. The van der Waals surface area contributed by atoms with Crippen LogP contribution in [0.2, 0.25) is 0 Å². The number of carbonyl (C=O) groups excluding carboxylic acids is 1. The van der Waals surface area contributed by atoms with Gasteiger partial charge in [-0.05, 0) is 75.5 Å². The van der Waals surface area contributed by atoms with E-state index in [1.165, 1.54) is 30.0 Å². The maximum atomic E-state index is 13.7. The summed E-state index contributed by atoms with van der Waals surface area (Å²) in [5, 5.41) is 0. The summed E-state index contributed by atoms with van der Waals surface area (Å²) in [5.41, 5.74) is 3.49. The van der Waals surface area contributed by atoms with Crippen molar-refractivity contribution in [3.05, 3.63) is 64.7 Å². The first-order valence-electron chi connectivity index (χ1n) is 10.1. The fourth-order valence-corrected chi connectivity index (χ4v) is 4.93. The lowest BCUT2D eigenvalue weighted by Gasteiger charge is -2.40. The fourth-order valence-electron chi connectivity index (χ4n) is 4.93. The normalized spacial score (nSPS) is 21.2. The van der Waals surface area contributed by atoms with Crippen LogP contribution in [-0.4, -0.2) is 36.5 Å². The number of likely N-dealkylation sites (tertiary alicyclic amines) is 1. The molecule has 2 heterocycles. The summed E-state index contributed by atoms with van der Waals surface area (Å²) in [7, 11) is 0. The average molecular weight is 382 g/mol. The Morgan fingerprint density at radius 2 is 1.79 bits per heavy atom. The molecule has 1 spiro atoms. The molecule has 0 radical (unpaired) electrons. The quantitative estimate of drug-likeness (QED) is 0.767. The number of amides is 1. The third-order valence-corrected chi connectivity index (χ3v) is 6.71. The molecule has 0 aromatic heterocycles. The van der Waals surface area contributed by atoms with Crippen LogP contribution in [0.25, 0.3) is 0 Å². The standard InChI is InChI=1S/C23H24F2N2O/c1-15-2-7-21-18(12-15)23(8-10-26(11-9-23)17-4-5-17)14-27(21)22(28)16-3-6-19(24)20(25)13-16/h2-3,6-7,12-13,17H,4-5,8-11,14H2,1H3. The van der Waals surface area contributed by atoms with E-state index >= 15 is 0 Å². The number of nitrogens with zero attached hydrogens (tertiary/aromatic N) is 2. The van der Waals surface area contributed by atoms with Crippen LogP contribution in [0.1, 0.15) is 47.2 Å². The van der Waals surface area contributed by atoms with E-state index in [9.17, 15) is 13.6 Å². The largest absolute Gasteiger partial charge is 0.307 e. The molecule has 2 aromatic carbocycles. The minimum Gasteiger partial charge on any atom is -0.307 e. The van der Waals surface area contributed by atoms with Crippen molar-refractivity contribution in [2.45, 2.75) is 44.1 Å². The van der Waals surface area contributed by atoms with Gasteiger partial charge in [0.15, 0.2) is 11.6 Å². The molecule has 3 aliphatic rings. The van der Waals surface area contributed by atoms with Crippen LogP contribution in [0.4, 0.5) is 14.5 Å². The van der Waals surface area contributed by atoms with Crippen LogP contribution >= 0.6 is 0 Å². The zero-order valence-corrected chi connectivity index (χ0v) is 16.0. The van der Waals surface area contributed by atoms with Crippen molar-refractivity contribution in [3.8, 4) is 0 Å². The van der Waals surface area contributed by atoms with E-state index in [2.05, 4.69) is 17.9 Å². The Kier molecular flexibility index (Phi) is 4.05. The highest BCUT2D eigenvalue weighted by atomic mass is 19.2. The van der Waals surface area contributed by atoms with E-state index in [-0.39, 0.29) is 16.9 Å². The van der Waals surface area contributed by atoms with Crippen molar-refractivity contribution in [2.24, 2.45) is 0 Å². The first-order valence-corrected chi connectivity index (χ1v) is 10.1. The first kappa shape index (κ1) is 17.8. The number of hydrogen-bond acceptors (Lipinski definition) is 2. The maximum Gasteiger partial charge on any atom is 0.258 e. The zero-order chi connectivity index (χ0) is 19.5. The van der Waals surface area contributed by atoms with Crippen LogP contribution in [0, 0.1) is 18.6 Å². The number of anilines is 1. The predicted octanol–water partition coefficient (Wildman–Crippen LogP) is 4.43. The second kappa shape index (κ2) is 6.38. The van der Waals surface area contributed by atoms with Crippen LogP contribution in [0.5, 0.6) is 0 Å². The highest BCUT2D eigenvalue weighted by molar-refractivity contribution is 6.07. The van der Waals surface area contributed by atoms with Gasteiger partial charge in [0, 0.05) is 29.3 Å². The summed E-state index contributed by atoms with van der Waals surface area (Å²) in [5.74, 6) is -2.18. The minimum atomic E-state index is -0.985. The third kappa shape index (κ3) is 2.84. The number of fused-ring (bicyclic) bond motifs is 2. The lowest BCUT2D eigenvalue weighted by atomic mass is 9.74. The third-order valence-electron chi connectivity index (χ3n) is 6.71. The van der Waals surface area contributed by atoms with Crippen LogP contribution in [0.15, 0.2) is 36.4 Å². The van der Waals surface area contributed by atoms with Crippen molar-refractivity contribution >= 4 is 11.6 Å². The van der Waals surface area contributed by atoms with Gasteiger partial charge in [-0.2, -0.15) is 0 Å². The van der Waals surface area contributed by atoms with Gasteiger partial charge in [0.1, 0.15) is 0 Å². The summed E-state index contributed by atoms with van der Waals surface area (Å²) >= 11 is 0. The van der Waals surface area contributed by atoms with Crippen molar-refractivity contribution < 1.29 is 13.6 Å². The van der Waals surface area contributed by atoms with Crippen molar-refractivity contribution in [2.75, 3.05) is 24.5 Å². The summed E-state index contributed by atoms with van der Waals surface area (Å²) in [6.45, 7) is 4.81. The summed E-state index contributed by atoms with van der Waals surface area (Å²) in [6, 6.07) is 10.4. The average Bonchev–Trinajstić information content (AvgIpc) is 3.49. The molecule has 1 amide bonds. The number of carbonyl (C=O) groups is 1. The highest BCUT2D eigenvalue weighted by Crippen LogP contribution is 2.48. The van der Waals surface area contributed by atoms with Crippen molar-refractivity contribution in [1.82, 2.24) is 4.90 Å². The molecule has 0 bridgehead atoms. The molecule has 146 valence electrons. The van der Waals surface area contributed by atoms with Gasteiger partial charge in [-0.3, -0.25) is 4.79 Å². The Bertz CT molecular complexity index is 946. The molecule has 2 fully saturated rings. The minimum absolute atomic E-state index is 0.0407. The van der Waals surface area contributed by atoms with Gasteiger partial charge in [0.2, 0.25) is 0 Å². The lowest BCUT2D eigenvalue weighted by Crippen LogP contribution is -2.46. The molecule has 2 aliphatic heterocycles. The van der Waals surface area contributed by atoms with Gasteiger partial charge in [0.05, 0.1) is 0 Å². The van der Waals surface area contributed by atoms with E-state index in [4.69, 9.17) is 0 Å². The highest BCUT2D eigenvalue weighted by Gasteiger charge is 2.47. The van der Waals surface area contributed by atoms with Gasteiger partial charge < -0.3 is 9.80 Å². The van der Waals surface area contributed by atoms with E-state index in [0.717, 1.165) is 49.8 Å². The number of halogens is 2. The molecule has 0 N–H and O–H groups in total. The molecule has 1 saturated heterocycles. The Hall–Kier alpha value is -2.27. The van der Waals surface area contributed by atoms with E-state index < -0.39 is 11.6 Å². The van der Waals surface area contributed by atoms with E-state index in [1.54, 1.807) is 4.90 Å². The first-order chi connectivity index (χ1) is 13.5. The van der Waals surface area contributed by atoms with E-state index in [0.29, 0.717) is 6.54 Å². The van der Waals surface area contributed by atoms with Gasteiger partial charge in [-0.25, -0.2) is 8.78 Å². The maximum absolute atomic E-state index is 13.7. The molecular weight excluding hydrogens is 358 g/mol. The molecule has 2 aromatic rings. The monoisotopic (exact) mass is 382 g/mol. The second-order valence-electron chi connectivity index (χ2n) is 8.59. The Balaban J connectivity index is 1.49. The molecule has 0 atom stereocenters. The fraction of sp³-hybridized carbons (Fsp3) is 0.435. The van der Waals surface area contributed by atoms with Crippen molar-refractivity contribution in [1.29, 1.82) is 0 Å². The van der Waals surface area contributed by atoms with Crippen LogP contribution in [-0.2, 0) is 5.41 Å². The SMILES string of the molecule is Cc1ccc2c(c1)C1(CCN(C3CC3)CC1)CN2C(=O)c1ccc(F)c(F)c1. The summed E-state index contributed by atoms with van der Waals surface area (Å²) < 4.78 is 27.0. The van der Waals surface area contributed by atoms with Gasteiger partial charge >= 0.3 is 0 Å². The van der Waals surface area contributed by atoms with Crippen molar-refractivity contribution in [3.63, 3.8) is 0 Å². The number of piperidine rings is 1. The van der Waals surface area contributed by atoms with Gasteiger partial charge in [-0.1, -0.05) is 17.7 Å². The van der Waals surface area contributed by atoms with E-state index in [1.807, 2.05) is 12.1 Å². The summed E-state index contributed by atoms with van der Waals surface area (Å²) in [6.07, 6.45) is 4.68. The molecule has 5 heteroatoms. The van der Waals surface area contributed by atoms with Crippen LogP contribution < -0.4 is 4.90 Å². The Morgan fingerprint density at radius 3 is 2.46 bits per heavy atom. The second-order valence-corrected chi connectivity index (χ2v) is 8.59. The topological polar surface area (TPSA) is 23.6 Å². The Labute approximate surface area is 163 Å². The lowest BCUT2D eigenvalue weighted by molar-refractivity contribution is 0.0974. The van der Waals surface area contributed by atoms with Gasteiger partial charge in [0.25, 0.3) is 5.91 Å². The molecule has 1 saturated carbocycles. The molecule has 28 heavy (non-hydrogen) atoms. The summed E-state index contributed by atoms with van der Waals surface area (Å²) in [4.78, 5) is 17.5. The predicted molar refractivity (Wildman–Crippen MR) is 105 cm³/mol. The molecule has 1 aliphatic carbocycles.